The second-order valence-corrected chi connectivity index (χ2v) is 6.74. The van der Waals surface area contributed by atoms with Crippen LogP contribution < -0.4 is 14.2 Å². The summed E-state index contributed by atoms with van der Waals surface area (Å²) in [5, 5.41) is 0. The van der Waals surface area contributed by atoms with Crippen LogP contribution >= 0.6 is 0 Å². The van der Waals surface area contributed by atoms with Gasteiger partial charge in [-0.3, -0.25) is 4.79 Å². The topological polar surface area (TPSA) is 44.8 Å². The van der Waals surface area contributed by atoms with Crippen molar-refractivity contribution in [3.8, 4) is 17.2 Å². The minimum atomic E-state index is -0.461. The Labute approximate surface area is 163 Å². The maximum Gasteiger partial charge on any atom is 0.196 e. The quantitative estimate of drug-likeness (QED) is 0.605. The van der Waals surface area contributed by atoms with Crippen LogP contribution in [0.4, 0.5) is 0 Å². The molecule has 1 atom stereocenters. The molecule has 2 aliphatic heterocycles. The molecule has 0 saturated carbocycles. The Morgan fingerprint density at radius 3 is 2.39 bits per heavy atom. The van der Waals surface area contributed by atoms with Crippen molar-refractivity contribution >= 4 is 11.9 Å². The summed E-state index contributed by atoms with van der Waals surface area (Å²) >= 11 is 0. The van der Waals surface area contributed by atoms with E-state index >= 15 is 0 Å². The molecule has 0 amide bonds. The molecular weight excluding hydrogens is 352 g/mol. The van der Waals surface area contributed by atoms with E-state index in [2.05, 4.69) is 0 Å². The van der Waals surface area contributed by atoms with Crippen LogP contribution in [0.2, 0.25) is 0 Å². The van der Waals surface area contributed by atoms with E-state index in [1.54, 1.807) is 6.07 Å². The van der Waals surface area contributed by atoms with Crippen LogP contribution in [-0.4, -0.2) is 19.0 Å². The number of fused-ring (bicyclic) bond motifs is 2. The average molecular weight is 370 g/mol. The zero-order valence-electron chi connectivity index (χ0n) is 15.1. The van der Waals surface area contributed by atoms with Gasteiger partial charge in [-0.05, 0) is 41.5 Å². The molecule has 0 N–H and O–H groups in total. The third-order valence-corrected chi connectivity index (χ3v) is 4.91. The van der Waals surface area contributed by atoms with Crippen molar-refractivity contribution in [2.24, 2.45) is 0 Å². The average Bonchev–Trinajstić information content (AvgIpc) is 2.76. The summed E-state index contributed by atoms with van der Waals surface area (Å²) in [5.41, 5.74) is 2.99. The summed E-state index contributed by atoms with van der Waals surface area (Å²) in [6.07, 6.45) is 1.42. The van der Waals surface area contributed by atoms with Crippen LogP contribution in [0.5, 0.6) is 17.2 Å². The molecule has 2 aliphatic rings. The molecular formula is C24H18O4. The monoisotopic (exact) mass is 370 g/mol. The van der Waals surface area contributed by atoms with Crippen molar-refractivity contribution in [3.05, 3.63) is 95.1 Å². The summed E-state index contributed by atoms with van der Waals surface area (Å²) in [6, 6.07) is 22.9. The molecule has 0 bridgehead atoms. The van der Waals surface area contributed by atoms with Crippen molar-refractivity contribution in [1.29, 1.82) is 0 Å². The van der Waals surface area contributed by atoms with Gasteiger partial charge in [0.05, 0.1) is 5.56 Å². The van der Waals surface area contributed by atoms with Gasteiger partial charge in [-0.15, -0.1) is 0 Å². The number of ether oxygens (including phenoxy) is 3. The number of ketones is 1. The van der Waals surface area contributed by atoms with Crippen LogP contribution in [0.15, 0.2) is 78.4 Å². The molecule has 0 radical (unpaired) electrons. The Kier molecular flexibility index (Phi) is 4.09. The number of hydrogen-bond acceptors (Lipinski definition) is 4. The fraction of sp³-hybridized carbons (Fsp3) is 0.125. The smallest absolute Gasteiger partial charge is 0.196 e. The van der Waals surface area contributed by atoms with Gasteiger partial charge in [0, 0.05) is 5.57 Å². The van der Waals surface area contributed by atoms with E-state index in [4.69, 9.17) is 14.2 Å². The standard InChI is InChI=1S/C24H18O4/c25-23-18-8-4-5-9-20(18)28-24(17-6-2-1-3-7-17)19(23)14-16-10-11-21-22(15-16)27-13-12-26-21/h1-11,14-15,24H,12-13H2. The van der Waals surface area contributed by atoms with Crippen molar-refractivity contribution in [3.63, 3.8) is 0 Å². The lowest BCUT2D eigenvalue weighted by molar-refractivity contribution is 0.0963. The van der Waals surface area contributed by atoms with Crippen molar-refractivity contribution in [2.75, 3.05) is 13.2 Å². The largest absolute Gasteiger partial charge is 0.486 e. The van der Waals surface area contributed by atoms with Gasteiger partial charge in [0.1, 0.15) is 19.0 Å². The normalized spacial score (nSPS) is 19.1. The molecule has 4 nitrogen and oxygen atoms in total. The number of carbonyl (C=O) groups excluding carboxylic acids is 1. The van der Waals surface area contributed by atoms with Crippen molar-refractivity contribution in [2.45, 2.75) is 6.10 Å². The molecule has 0 aliphatic carbocycles. The lowest BCUT2D eigenvalue weighted by Crippen LogP contribution is -2.23. The van der Waals surface area contributed by atoms with Gasteiger partial charge in [0.2, 0.25) is 0 Å². The second kappa shape index (κ2) is 6.89. The highest BCUT2D eigenvalue weighted by Gasteiger charge is 2.32. The number of benzene rings is 3. The van der Waals surface area contributed by atoms with Gasteiger partial charge in [0.25, 0.3) is 0 Å². The fourth-order valence-electron chi connectivity index (χ4n) is 3.57. The molecule has 3 aromatic rings. The minimum absolute atomic E-state index is 0.0226. The molecule has 0 fully saturated rings. The maximum atomic E-state index is 13.3. The zero-order chi connectivity index (χ0) is 18.9. The molecule has 0 aromatic heterocycles. The molecule has 0 spiro atoms. The van der Waals surface area contributed by atoms with E-state index in [0.717, 1.165) is 16.9 Å². The van der Waals surface area contributed by atoms with E-state index in [1.165, 1.54) is 0 Å². The van der Waals surface area contributed by atoms with Crippen molar-refractivity contribution < 1.29 is 19.0 Å². The van der Waals surface area contributed by atoms with Gasteiger partial charge < -0.3 is 14.2 Å². The maximum absolute atomic E-state index is 13.3. The first-order valence-corrected chi connectivity index (χ1v) is 9.26. The third-order valence-electron chi connectivity index (χ3n) is 4.91. The van der Waals surface area contributed by atoms with Gasteiger partial charge in [-0.1, -0.05) is 48.5 Å². The van der Waals surface area contributed by atoms with Crippen LogP contribution in [0.25, 0.3) is 6.08 Å². The first kappa shape index (κ1) is 16.6. The Morgan fingerprint density at radius 1 is 0.786 bits per heavy atom. The van der Waals surface area contributed by atoms with Gasteiger partial charge >= 0.3 is 0 Å². The Bertz CT molecular complexity index is 1070. The van der Waals surface area contributed by atoms with Gasteiger partial charge in [-0.2, -0.15) is 0 Å². The molecule has 1 unspecified atom stereocenters. The number of rotatable bonds is 2. The van der Waals surface area contributed by atoms with E-state index < -0.39 is 6.10 Å². The summed E-state index contributed by atoms with van der Waals surface area (Å²) < 4.78 is 17.5. The predicted octanol–water partition coefficient (Wildman–Crippen LogP) is 4.86. The summed E-state index contributed by atoms with van der Waals surface area (Å²) in [4.78, 5) is 13.3. The van der Waals surface area contributed by atoms with Crippen LogP contribution in [0, 0.1) is 0 Å². The first-order valence-electron chi connectivity index (χ1n) is 9.26. The van der Waals surface area contributed by atoms with Gasteiger partial charge in [-0.25, -0.2) is 0 Å². The fourth-order valence-corrected chi connectivity index (χ4v) is 3.57. The molecule has 2 heterocycles. The highest BCUT2D eigenvalue weighted by Crippen LogP contribution is 2.40. The highest BCUT2D eigenvalue weighted by molar-refractivity contribution is 6.14. The number of hydrogen-bond donors (Lipinski definition) is 0. The highest BCUT2D eigenvalue weighted by atomic mass is 16.6. The summed E-state index contributed by atoms with van der Waals surface area (Å²) in [6.45, 7) is 1.07. The van der Waals surface area contributed by atoms with E-state index in [9.17, 15) is 4.79 Å². The van der Waals surface area contributed by atoms with Gasteiger partial charge in [0.15, 0.2) is 23.4 Å². The van der Waals surface area contributed by atoms with E-state index in [0.29, 0.717) is 35.8 Å². The van der Waals surface area contributed by atoms with Crippen molar-refractivity contribution in [1.82, 2.24) is 0 Å². The Hall–Kier alpha value is -3.53. The third kappa shape index (κ3) is 2.93. The summed E-state index contributed by atoms with van der Waals surface area (Å²) in [7, 11) is 0. The number of Topliss-reactive ketones (excluding diaryl/α,β-unsaturated/α-hetero) is 1. The number of para-hydroxylation sites is 1. The van der Waals surface area contributed by atoms with Crippen LogP contribution in [-0.2, 0) is 0 Å². The number of carbonyl (C=O) groups is 1. The molecule has 0 saturated heterocycles. The zero-order valence-corrected chi connectivity index (χ0v) is 15.1. The van der Waals surface area contributed by atoms with E-state index in [-0.39, 0.29) is 5.78 Å². The lowest BCUT2D eigenvalue weighted by Gasteiger charge is -2.28. The van der Waals surface area contributed by atoms with Crippen LogP contribution in [0.1, 0.15) is 27.6 Å². The Balaban J connectivity index is 1.62. The molecule has 3 aromatic carbocycles. The SMILES string of the molecule is O=C1C(=Cc2ccc3c(c2)OCCO3)C(c2ccccc2)Oc2ccccc21. The minimum Gasteiger partial charge on any atom is -0.486 e. The first-order chi connectivity index (χ1) is 13.8. The molecule has 138 valence electrons. The predicted molar refractivity (Wildman–Crippen MR) is 106 cm³/mol. The molecule has 28 heavy (non-hydrogen) atoms. The molecule has 4 heteroatoms. The summed E-state index contributed by atoms with van der Waals surface area (Å²) in [5.74, 6) is 2.01. The lowest BCUT2D eigenvalue weighted by atomic mass is 9.89. The second-order valence-electron chi connectivity index (χ2n) is 6.74. The van der Waals surface area contributed by atoms with E-state index in [1.807, 2.05) is 72.8 Å². The van der Waals surface area contributed by atoms with Crippen LogP contribution in [0.3, 0.4) is 0 Å². The Morgan fingerprint density at radius 2 is 1.54 bits per heavy atom. The molecule has 5 rings (SSSR count).